The summed E-state index contributed by atoms with van der Waals surface area (Å²) in [7, 11) is 2.14. The number of benzene rings is 1. The van der Waals surface area contributed by atoms with Crippen molar-refractivity contribution in [2.24, 2.45) is 0 Å². The fourth-order valence-corrected chi connectivity index (χ4v) is 4.64. The molecule has 0 bridgehead atoms. The molecule has 1 N–H and O–H groups in total. The molecule has 1 aliphatic carbocycles. The molecule has 1 saturated carbocycles. The van der Waals surface area contributed by atoms with Crippen LogP contribution in [0, 0.1) is 0 Å². The van der Waals surface area contributed by atoms with Gasteiger partial charge in [0.1, 0.15) is 5.82 Å². The number of anilines is 4. The summed E-state index contributed by atoms with van der Waals surface area (Å²) >= 11 is 3.62. The van der Waals surface area contributed by atoms with Crippen molar-refractivity contribution in [2.75, 3.05) is 35.3 Å². The van der Waals surface area contributed by atoms with Crippen molar-refractivity contribution in [3.05, 3.63) is 34.9 Å². The first-order chi connectivity index (χ1) is 13.2. The lowest BCUT2D eigenvalue weighted by molar-refractivity contribution is 0.578. The number of nitrogens with zero attached hydrogens (tertiary/aromatic N) is 4. The summed E-state index contributed by atoms with van der Waals surface area (Å²) in [4.78, 5) is 14.0. The topological polar surface area (TPSA) is 44.3 Å². The van der Waals surface area contributed by atoms with Crippen LogP contribution in [0.25, 0.3) is 0 Å². The molecular weight excluding hydrogens is 402 g/mol. The average Bonchev–Trinajstić information content (AvgIpc) is 3.25. The normalized spacial score (nSPS) is 17.9. The summed E-state index contributed by atoms with van der Waals surface area (Å²) in [5.74, 6) is 1.60. The molecule has 0 spiro atoms. The molecule has 0 radical (unpaired) electrons. The van der Waals surface area contributed by atoms with Crippen molar-refractivity contribution in [3.8, 4) is 0 Å². The van der Waals surface area contributed by atoms with Gasteiger partial charge in [-0.15, -0.1) is 0 Å². The van der Waals surface area contributed by atoms with E-state index in [0.717, 1.165) is 16.0 Å². The molecule has 2 fully saturated rings. The zero-order valence-corrected chi connectivity index (χ0v) is 17.6. The standard InChI is InChI=1S/C21H28BrN5/c1-26(17-7-3-4-8-17)20-19(22)15-23-21(25-20)24-16-9-11-18(12-10-16)27-13-5-2-6-14-27/h9-12,15,17H,2-8,13-14H2,1H3,(H,23,24,25). The fraction of sp³-hybridized carbons (Fsp3) is 0.524. The van der Waals surface area contributed by atoms with Gasteiger partial charge < -0.3 is 15.1 Å². The number of rotatable bonds is 5. The van der Waals surface area contributed by atoms with Crippen LogP contribution in [0.2, 0.25) is 0 Å². The first-order valence-corrected chi connectivity index (χ1v) is 10.9. The van der Waals surface area contributed by atoms with Gasteiger partial charge >= 0.3 is 0 Å². The molecule has 1 saturated heterocycles. The Morgan fingerprint density at radius 3 is 2.44 bits per heavy atom. The molecule has 1 aliphatic heterocycles. The van der Waals surface area contributed by atoms with Crippen molar-refractivity contribution in [2.45, 2.75) is 51.0 Å². The highest BCUT2D eigenvalue weighted by Gasteiger charge is 2.22. The van der Waals surface area contributed by atoms with Crippen LogP contribution in [-0.2, 0) is 0 Å². The molecule has 144 valence electrons. The van der Waals surface area contributed by atoms with Crippen LogP contribution in [0.4, 0.5) is 23.1 Å². The van der Waals surface area contributed by atoms with E-state index in [1.165, 1.54) is 63.7 Å². The monoisotopic (exact) mass is 429 g/mol. The third-order valence-corrected chi connectivity index (χ3v) is 6.34. The molecule has 0 amide bonds. The van der Waals surface area contributed by atoms with E-state index in [1.54, 1.807) is 0 Å². The van der Waals surface area contributed by atoms with Gasteiger partial charge in [0.15, 0.2) is 0 Å². The highest BCUT2D eigenvalue weighted by atomic mass is 79.9. The lowest BCUT2D eigenvalue weighted by Gasteiger charge is -2.29. The number of piperidine rings is 1. The predicted octanol–water partition coefficient (Wildman–Crippen LogP) is 5.35. The van der Waals surface area contributed by atoms with E-state index in [2.05, 4.69) is 67.3 Å². The maximum absolute atomic E-state index is 4.77. The second-order valence-corrected chi connectivity index (χ2v) is 8.49. The molecule has 0 unspecified atom stereocenters. The van der Waals surface area contributed by atoms with Gasteiger partial charge in [-0.2, -0.15) is 4.98 Å². The van der Waals surface area contributed by atoms with Gasteiger partial charge in [0, 0.05) is 43.8 Å². The molecule has 2 heterocycles. The molecule has 1 aromatic carbocycles. The van der Waals surface area contributed by atoms with Crippen LogP contribution in [0.15, 0.2) is 34.9 Å². The van der Waals surface area contributed by atoms with Crippen molar-refractivity contribution in [1.29, 1.82) is 0 Å². The molecule has 4 rings (SSSR count). The van der Waals surface area contributed by atoms with Crippen LogP contribution in [-0.4, -0.2) is 36.1 Å². The molecule has 2 aliphatic rings. The van der Waals surface area contributed by atoms with Gasteiger partial charge in [0.25, 0.3) is 0 Å². The van der Waals surface area contributed by atoms with E-state index in [9.17, 15) is 0 Å². The van der Waals surface area contributed by atoms with Crippen molar-refractivity contribution in [1.82, 2.24) is 9.97 Å². The summed E-state index contributed by atoms with van der Waals surface area (Å²) < 4.78 is 0.947. The first-order valence-electron chi connectivity index (χ1n) is 10.1. The Labute approximate surface area is 170 Å². The number of halogens is 1. The van der Waals surface area contributed by atoms with Crippen LogP contribution >= 0.6 is 15.9 Å². The van der Waals surface area contributed by atoms with Crippen molar-refractivity contribution in [3.63, 3.8) is 0 Å². The molecule has 27 heavy (non-hydrogen) atoms. The van der Waals surface area contributed by atoms with E-state index in [-0.39, 0.29) is 0 Å². The Morgan fingerprint density at radius 1 is 1.04 bits per heavy atom. The lowest BCUT2D eigenvalue weighted by Crippen LogP contribution is -2.30. The number of aromatic nitrogens is 2. The average molecular weight is 430 g/mol. The summed E-state index contributed by atoms with van der Waals surface area (Å²) in [6.07, 6.45) is 10.9. The van der Waals surface area contributed by atoms with Gasteiger partial charge in [-0.3, -0.25) is 0 Å². The molecule has 5 nitrogen and oxygen atoms in total. The van der Waals surface area contributed by atoms with E-state index >= 15 is 0 Å². The van der Waals surface area contributed by atoms with Crippen LogP contribution in [0.3, 0.4) is 0 Å². The Kier molecular flexibility index (Phi) is 5.81. The predicted molar refractivity (Wildman–Crippen MR) is 116 cm³/mol. The summed E-state index contributed by atoms with van der Waals surface area (Å²) in [5, 5.41) is 3.36. The SMILES string of the molecule is CN(c1nc(Nc2ccc(N3CCCCC3)cc2)ncc1Br)C1CCCC1. The summed E-state index contributed by atoms with van der Waals surface area (Å²) in [6, 6.07) is 9.20. The summed E-state index contributed by atoms with van der Waals surface area (Å²) in [5.41, 5.74) is 2.33. The largest absolute Gasteiger partial charge is 0.372 e. The molecule has 2 aromatic rings. The number of hydrogen-bond acceptors (Lipinski definition) is 5. The van der Waals surface area contributed by atoms with Gasteiger partial charge in [0.2, 0.25) is 5.95 Å². The molecule has 1 aromatic heterocycles. The third kappa shape index (κ3) is 4.37. The Hall–Kier alpha value is -1.82. The number of hydrogen-bond donors (Lipinski definition) is 1. The van der Waals surface area contributed by atoms with Gasteiger partial charge in [0.05, 0.1) is 4.47 Å². The molecule has 0 atom stereocenters. The van der Waals surface area contributed by atoms with E-state index in [1.807, 2.05) is 6.20 Å². The molecular formula is C21H28BrN5. The maximum atomic E-state index is 4.77. The maximum Gasteiger partial charge on any atom is 0.229 e. The van der Waals surface area contributed by atoms with Crippen LogP contribution < -0.4 is 15.1 Å². The van der Waals surface area contributed by atoms with E-state index in [4.69, 9.17) is 4.98 Å². The minimum atomic E-state index is 0.577. The number of nitrogens with one attached hydrogen (secondary N) is 1. The smallest absolute Gasteiger partial charge is 0.229 e. The third-order valence-electron chi connectivity index (χ3n) is 5.78. The zero-order valence-electron chi connectivity index (χ0n) is 16.0. The molecule has 6 heteroatoms. The lowest BCUT2D eigenvalue weighted by atomic mass is 10.1. The highest BCUT2D eigenvalue weighted by Crippen LogP contribution is 2.31. The van der Waals surface area contributed by atoms with Crippen LogP contribution in [0.1, 0.15) is 44.9 Å². The van der Waals surface area contributed by atoms with Crippen molar-refractivity contribution < 1.29 is 0 Å². The highest BCUT2D eigenvalue weighted by molar-refractivity contribution is 9.10. The quantitative estimate of drug-likeness (QED) is 0.693. The minimum absolute atomic E-state index is 0.577. The van der Waals surface area contributed by atoms with E-state index in [0.29, 0.717) is 12.0 Å². The zero-order chi connectivity index (χ0) is 18.6. The minimum Gasteiger partial charge on any atom is -0.372 e. The Bertz CT molecular complexity index is 752. The van der Waals surface area contributed by atoms with Gasteiger partial charge in [-0.25, -0.2) is 4.98 Å². The first kappa shape index (κ1) is 18.5. The van der Waals surface area contributed by atoms with Crippen molar-refractivity contribution >= 4 is 39.1 Å². The second kappa shape index (κ2) is 8.46. The van der Waals surface area contributed by atoms with E-state index < -0.39 is 0 Å². The van der Waals surface area contributed by atoms with Gasteiger partial charge in [-0.05, 0) is 72.3 Å². The van der Waals surface area contributed by atoms with Gasteiger partial charge in [-0.1, -0.05) is 12.8 Å². The summed E-state index contributed by atoms with van der Waals surface area (Å²) in [6.45, 7) is 2.33. The Morgan fingerprint density at radius 2 is 1.74 bits per heavy atom. The second-order valence-electron chi connectivity index (χ2n) is 7.63. The van der Waals surface area contributed by atoms with Crippen LogP contribution in [0.5, 0.6) is 0 Å². The Balaban J connectivity index is 1.46. The fourth-order valence-electron chi connectivity index (χ4n) is 4.17.